The number of hydrogen-bond donors (Lipinski definition) is 0. The number of halogens is 3. The summed E-state index contributed by atoms with van der Waals surface area (Å²) in [6, 6.07) is 0. The largest absolute Gasteiger partial charge is 0.307 e. The average Bonchev–Trinajstić information content (AvgIpc) is 2.19. The average molecular weight is 149 g/mol. The maximum absolute atomic E-state index is 12.1. The number of alkyl halides is 2. The number of rotatable bonds is 1. The molecule has 0 aliphatic heterocycles. The minimum atomic E-state index is -2.87. The van der Waals surface area contributed by atoms with Gasteiger partial charge in [0.1, 0.15) is 0 Å². The van der Waals surface area contributed by atoms with Crippen molar-refractivity contribution >= 4 is 11.6 Å². The molecule has 1 aliphatic carbocycles. The Morgan fingerprint density at radius 3 is 2.22 bits per heavy atom. The van der Waals surface area contributed by atoms with Crippen LogP contribution in [0.4, 0.5) is 8.78 Å². The van der Waals surface area contributed by atoms with Gasteiger partial charge in [-0.05, 0) is 0 Å². The van der Waals surface area contributed by atoms with E-state index in [1.165, 1.54) is 0 Å². The van der Waals surface area contributed by atoms with Crippen molar-refractivity contribution in [2.24, 2.45) is 0 Å². The van der Waals surface area contributed by atoms with Gasteiger partial charge < -0.3 is 0 Å². The lowest BCUT2D eigenvalue weighted by molar-refractivity contribution is 0.138. The zero-order valence-corrected chi connectivity index (χ0v) is 5.17. The van der Waals surface area contributed by atoms with Gasteiger partial charge in [-0.15, -0.1) is 12.3 Å². The van der Waals surface area contributed by atoms with Crippen LogP contribution in [0.2, 0.25) is 0 Å². The van der Waals surface area contributed by atoms with E-state index in [2.05, 4.69) is 5.92 Å². The Bertz CT molecular complexity index is 210. The lowest BCUT2D eigenvalue weighted by Crippen LogP contribution is -1.94. The van der Waals surface area contributed by atoms with Crippen LogP contribution in [0.3, 0.4) is 0 Å². The van der Waals surface area contributed by atoms with Crippen molar-refractivity contribution in [3.8, 4) is 12.3 Å². The summed E-state index contributed by atoms with van der Waals surface area (Å²) in [7, 11) is 0. The Kier molecular flexibility index (Phi) is 1.25. The highest BCUT2D eigenvalue weighted by Gasteiger charge is 2.54. The second kappa shape index (κ2) is 1.71. The molecular formula is C6H3ClF2. The predicted molar refractivity (Wildman–Crippen MR) is 31.3 cm³/mol. The molecule has 0 amide bonds. The smallest absolute Gasteiger partial charge is 0.195 e. The van der Waals surface area contributed by atoms with Crippen LogP contribution in [0.1, 0.15) is 6.42 Å². The fourth-order valence-corrected chi connectivity index (χ4v) is 0.794. The topological polar surface area (TPSA) is 0 Å². The molecule has 0 aromatic rings. The molecule has 0 N–H and O–H groups in total. The molecule has 1 rings (SSSR count). The van der Waals surface area contributed by atoms with Crippen LogP contribution in [0.15, 0.2) is 10.6 Å². The molecule has 0 unspecified atom stereocenters. The zero-order chi connectivity index (χ0) is 7.07. The summed E-state index contributed by atoms with van der Waals surface area (Å²) >= 11 is 5.06. The van der Waals surface area contributed by atoms with Crippen LogP contribution in [0.5, 0.6) is 0 Å². The lowest BCUT2D eigenvalue weighted by Gasteiger charge is -1.89. The molecule has 0 spiro atoms. The van der Waals surface area contributed by atoms with Gasteiger partial charge in [-0.25, -0.2) is 0 Å². The van der Waals surface area contributed by atoms with E-state index in [-0.39, 0.29) is 17.0 Å². The van der Waals surface area contributed by atoms with E-state index in [0.29, 0.717) is 0 Å². The highest BCUT2D eigenvalue weighted by molar-refractivity contribution is 6.34. The Hall–Kier alpha value is -0.550. The minimum absolute atomic E-state index is 0.0359. The lowest BCUT2D eigenvalue weighted by atomic mass is 10.3. The van der Waals surface area contributed by atoms with Crippen molar-refractivity contribution in [1.82, 2.24) is 0 Å². The molecule has 1 aliphatic rings. The first-order valence-corrected chi connectivity index (χ1v) is 2.69. The Morgan fingerprint density at radius 1 is 1.67 bits per heavy atom. The van der Waals surface area contributed by atoms with E-state index in [0.717, 1.165) is 0 Å². The second-order valence-corrected chi connectivity index (χ2v) is 2.13. The summed E-state index contributed by atoms with van der Waals surface area (Å²) < 4.78 is 24.2. The van der Waals surface area contributed by atoms with Gasteiger partial charge in [-0.1, -0.05) is 11.6 Å². The first-order chi connectivity index (χ1) is 4.10. The van der Waals surface area contributed by atoms with Crippen molar-refractivity contribution in [3.63, 3.8) is 0 Å². The van der Waals surface area contributed by atoms with Gasteiger partial charge in [-0.2, -0.15) is 8.78 Å². The summed E-state index contributed by atoms with van der Waals surface area (Å²) in [4.78, 5) is 0. The molecular weight excluding hydrogens is 146 g/mol. The van der Waals surface area contributed by atoms with E-state index in [4.69, 9.17) is 18.0 Å². The SMILES string of the molecule is C#CCC1=C(Cl)C1(F)F. The highest BCUT2D eigenvalue weighted by Crippen LogP contribution is 2.52. The normalized spacial score (nSPS) is 21.6. The minimum Gasteiger partial charge on any atom is -0.195 e. The molecule has 0 atom stereocenters. The third kappa shape index (κ3) is 0.818. The number of hydrogen-bond acceptors (Lipinski definition) is 0. The van der Waals surface area contributed by atoms with Crippen LogP contribution in [0, 0.1) is 12.3 Å². The molecule has 0 radical (unpaired) electrons. The summed E-state index contributed by atoms with van der Waals surface area (Å²) in [6.07, 6.45) is 4.74. The standard InChI is InChI=1S/C6H3ClF2/c1-2-3-4-5(7)6(4,8)9/h1H,3H2. The molecule has 0 saturated carbocycles. The number of terminal acetylenes is 1. The van der Waals surface area contributed by atoms with Crippen LogP contribution in [-0.4, -0.2) is 5.92 Å². The monoisotopic (exact) mass is 148 g/mol. The first-order valence-electron chi connectivity index (χ1n) is 2.31. The van der Waals surface area contributed by atoms with Gasteiger partial charge in [0, 0.05) is 12.0 Å². The Balaban J connectivity index is 2.59. The van der Waals surface area contributed by atoms with Crippen LogP contribution < -0.4 is 0 Å². The molecule has 0 bridgehead atoms. The van der Waals surface area contributed by atoms with Gasteiger partial charge in [-0.3, -0.25) is 0 Å². The fraction of sp³-hybridized carbons (Fsp3) is 0.333. The van der Waals surface area contributed by atoms with Gasteiger partial charge >= 0.3 is 5.92 Å². The molecule has 48 valence electrons. The van der Waals surface area contributed by atoms with Crippen molar-refractivity contribution in [3.05, 3.63) is 10.6 Å². The van der Waals surface area contributed by atoms with E-state index < -0.39 is 5.92 Å². The quantitative estimate of drug-likeness (QED) is 0.500. The van der Waals surface area contributed by atoms with Crippen molar-refractivity contribution in [1.29, 1.82) is 0 Å². The Labute approximate surface area is 56.5 Å². The van der Waals surface area contributed by atoms with Crippen LogP contribution in [0.25, 0.3) is 0 Å². The summed E-state index contributed by atoms with van der Waals surface area (Å²) in [5.41, 5.74) is -0.105. The van der Waals surface area contributed by atoms with Gasteiger partial charge in [0.15, 0.2) is 0 Å². The molecule has 0 aromatic carbocycles. The van der Waals surface area contributed by atoms with Gasteiger partial charge in [0.25, 0.3) is 0 Å². The molecule has 0 heterocycles. The van der Waals surface area contributed by atoms with E-state index in [9.17, 15) is 8.78 Å². The predicted octanol–water partition coefficient (Wildman–Crippen LogP) is 2.15. The maximum atomic E-state index is 12.1. The molecule has 0 saturated heterocycles. The summed E-state index contributed by atoms with van der Waals surface area (Å²) in [5, 5.41) is -0.375. The fourth-order valence-electron chi connectivity index (χ4n) is 0.542. The molecule has 9 heavy (non-hydrogen) atoms. The van der Waals surface area contributed by atoms with E-state index in [1.54, 1.807) is 0 Å². The van der Waals surface area contributed by atoms with E-state index >= 15 is 0 Å². The molecule has 0 aromatic heterocycles. The van der Waals surface area contributed by atoms with Gasteiger partial charge in [0.05, 0.1) is 5.03 Å². The Morgan fingerprint density at radius 2 is 2.11 bits per heavy atom. The first kappa shape index (κ1) is 6.57. The highest BCUT2D eigenvalue weighted by atomic mass is 35.5. The molecule has 0 fully saturated rings. The maximum Gasteiger partial charge on any atom is 0.307 e. The van der Waals surface area contributed by atoms with Crippen molar-refractivity contribution in [2.75, 3.05) is 0 Å². The second-order valence-electron chi connectivity index (χ2n) is 1.75. The van der Waals surface area contributed by atoms with Crippen LogP contribution in [-0.2, 0) is 0 Å². The summed E-state index contributed by atoms with van der Waals surface area (Å²) in [5.74, 6) is -0.774. The van der Waals surface area contributed by atoms with Gasteiger partial charge in [0.2, 0.25) is 0 Å². The third-order valence-electron chi connectivity index (χ3n) is 1.14. The van der Waals surface area contributed by atoms with Crippen molar-refractivity contribution in [2.45, 2.75) is 12.3 Å². The third-order valence-corrected chi connectivity index (χ3v) is 1.60. The summed E-state index contributed by atoms with van der Waals surface area (Å²) in [6.45, 7) is 0. The van der Waals surface area contributed by atoms with E-state index in [1.807, 2.05) is 0 Å². The zero-order valence-electron chi connectivity index (χ0n) is 4.42. The number of allylic oxidation sites excluding steroid dienone is 2. The molecule has 0 nitrogen and oxygen atoms in total. The van der Waals surface area contributed by atoms with Crippen molar-refractivity contribution < 1.29 is 8.78 Å². The molecule has 3 heteroatoms. The van der Waals surface area contributed by atoms with Crippen LogP contribution >= 0.6 is 11.6 Å².